The van der Waals surface area contributed by atoms with Gasteiger partial charge in [-0.1, -0.05) is 26.0 Å². The lowest BCUT2D eigenvalue weighted by Gasteiger charge is -2.26. The number of phenols is 1. The first kappa shape index (κ1) is 21.5. The predicted octanol–water partition coefficient (Wildman–Crippen LogP) is 4.66. The van der Waals surface area contributed by atoms with Crippen LogP contribution in [0, 0.1) is 16.7 Å². The van der Waals surface area contributed by atoms with E-state index in [2.05, 4.69) is 0 Å². The minimum Gasteiger partial charge on any atom is -0.508 e. The maximum atomic E-state index is 13.2. The number of likely N-dealkylation sites (tertiary alicyclic amines) is 1. The van der Waals surface area contributed by atoms with Crippen molar-refractivity contribution in [1.29, 1.82) is 5.26 Å². The summed E-state index contributed by atoms with van der Waals surface area (Å²) < 4.78 is 45.5. The predicted molar refractivity (Wildman–Crippen MR) is 103 cm³/mol. The lowest BCUT2D eigenvalue weighted by Crippen LogP contribution is -2.37. The second kappa shape index (κ2) is 7.56. The van der Waals surface area contributed by atoms with E-state index in [0.29, 0.717) is 6.54 Å². The fourth-order valence-corrected chi connectivity index (χ4v) is 3.65. The summed E-state index contributed by atoms with van der Waals surface area (Å²) in [5, 5.41) is 18.6. The number of hydrogen-bond donors (Lipinski definition) is 1. The van der Waals surface area contributed by atoms with E-state index in [9.17, 15) is 23.1 Å². The number of ether oxygens (including phenoxy) is 1. The van der Waals surface area contributed by atoms with E-state index < -0.39 is 28.8 Å². The quantitative estimate of drug-likeness (QED) is 0.784. The zero-order valence-electron chi connectivity index (χ0n) is 16.7. The standard InChI is InChI=1S/C22H21F3N2O3/c1-13(14-5-4-6-16(28)9-14)27-12-21(2,3)19(20(27)29)30-17-8-7-15(11-26)18(10-17)22(23,24)25/h4-10,13,19,28H,12H2,1-3H3/t13-,19+/m1/s1. The fourth-order valence-electron chi connectivity index (χ4n) is 3.65. The lowest BCUT2D eigenvalue weighted by atomic mass is 9.89. The molecule has 1 heterocycles. The molecule has 1 fully saturated rings. The van der Waals surface area contributed by atoms with E-state index in [1.165, 1.54) is 18.2 Å². The SMILES string of the molecule is C[C@H](c1cccc(O)c1)N1CC(C)(C)[C@@H](Oc2ccc(C#N)c(C(F)(F)F)c2)C1=O. The molecule has 0 saturated carbocycles. The zero-order chi connectivity index (χ0) is 22.3. The zero-order valence-corrected chi connectivity index (χ0v) is 16.7. The van der Waals surface area contributed by atoms with Crippen molar-refractivity contribution < 1.29 is 27.8 Å². The Morgan fingerprint density at radius 2 is 1.97 bits per heavy atom. The van der Waals surface area contributed by atoms with Gasteiger partial charge >= 0.3 is 6.18 Å². The van der Waals surface area contributed by atoms with Gasteiger partial charge in [0.15, 0.2) is 6.10 Å². The van der Waals surface area contributed by atoms with Crippen LogP contribution in [0.1, 0.15) is 43.5 Å². The Hall–Kier alpha value is -3.21. The number of alkyl halides is 3. The molecule has 0 bridgehead atoms. The summed E-state index contributed by atoms with van der Waals surface area (Å²) in [6.45, 7) is 5.75. The van der Waals surface area contributed by atoms with Gasteiger partial charge in [0.05, 0.1) is 23.2 Å². The topological polar surface area (TPSA) is 73.6 Å². The maximum absolute atomic E-state index is 13.2. The van der Waals surface area contributed by atoms with Gasteiger partial charge in [-0.15, -0.1) is 0 Å². The molecule has 2 aromatic carbocycles. The summed E-state index contributed by atoms with van der Waals surface area (Å²) in [4.78, 5) is 14.7. The van der Waals surface area contributed by atoms with Crippen molar-refractivity contribution in [2.75, 3.05) is 6.54 Å². The van der Waals surface area contributed by atoms with Crippen LogP contribution in [0.15, 0.2) is 42.5 Å². The molecule has 0 spiro atoms. The smallest absolute Gasteiger partial charge is 0.417 e. The Morgan fingerprint density at radius 1 is 1.27 bits per heavy atom. The molecule has 1 aliphatic rings. The van der Waals surface area contributed by atoms with Crippen molar-refractivity contribution in [1.82, 2.24) is 4.90 Å². The van der Waals surface area contributed by atoms with Crippen molar-refractivity contribution >= 4 is 5.91 Å². The monoisotopic (exact) mass is 418 g/mol. The molecule has 30 heavy (non-hydrogen) atoms. The third-order valence-corrected chi connectivity index (χ3v) is 5.29. The summed E-state index contributed by atoms with van der Waals surface area (Å²) >= 11 is 0. The number of hydrogen-bond acceptors (Lipinski definition) is 4. The van der Waals surface area contributed by atoms with Gasteiger partial charge in [-0.3, -0.25) is 4.79 Å². The Balaban J connectivity index is 1.88. The molecular formula is C22H21F3N2O3. The molecule has 8 heteroatoms. The lowest BCUT2D eigenvalue weighted by molar-refractivity contribution is -0.138. The van der Waals surface area contributed by atoms with E-state index in [4.69, 9.17) is 10.00 Å². The number of aromatic hydroxyl groups is 1. The van der Waals surface area contributed by atoms with E-state index in [1.54, 1.807) is 36.9 Å². The number of nitriles is 1. The highest BCUT2D eigenvalue weighted by Crippen LogP contribution is 2.40. The highest BCUT2D eigenvalue weighted by Gasteiger charge is 2.49. The Labute approximate surface area is 172 Å². The van der Waals surface area contributed by atoms with Crippen LogP contribution in [0.25, 0.3) is 0 Å². The van der Waals surface area contributed by atoms with Crippen LogP contribution in [0.3, 0.4) is 0 Å². The minimum atomic E-state index is -4.71. The van der Waals surface area contributed by atoms with Crippen LogP contribution in [0.2, 0.25) is 0 Å². The average Bonchev–Trinajstić information content (AvgIpc) is 2.90. The molecule has 1 saturated heterocycles. The van der Waals surface area contributed by atoms with Crippen molar-refractivity contribution in [3.63, 3.8) is 0 Å². The maximum Gasteiger partial charge on any atom is 0.417 e. The molecule has 2 atom stereocenters. The summed E-state index contributed by atoms with van der Waals surface area (Å²) in [6.07, 6.45) is -5.71. The van der Waals surface area contributed by atoms with Gasteiger partial charge < -0.3 is 14.7 Å². The van der Waals surface area contributed by atoms with Crippen LogP contribution in [-0.4, -0.2) is 28.6 Å². The van der Waals surface area contributed by atoms with E-state index >= 15 is 0 Å². The van der Waals surface area contributed by atoms with Crippen molar-refractivity contribution in [2.24, 2.45) is 5.41 Å². The molecule has 5 nitrogen and oxygen atoms in total. The molecule has 0 radical (unpaired) electrons. The van der Waals surface area contributed by atoms with Crippen LogP contribution in [0.5, 0.6) is 11.5 Å². The molecule has 0 unspecified atom stereocenters. The van der Waals surface area contributed by atoms with Crippen LogP contribution < -0.4 is 4.74 Å². The van der Waals surface area contributed by atoms with Gasteiger partial charge in [-0.2, -0.15) is 18.4 Å². The number of halogens is 3. The third kappa shape index (κ3) is 4.06. The number of carbonyl (C=O) groups is 1. The van der Waals surface area contributed by atoms with Crippen LogP contribution >= 0.6 is 0 Å². The number of amides is 1. The average molecular weight is 418 g/mol. The number of phenolic OH excluding ortho intramolecular Hbond substituents is 1. The number of rotatable bonds is 4. The minimum absolute atomic E-state index is 0.0790. The molecule has 158 valence electrons. The molecule has 1 aliphatic heterocycles. The fraction of sp³-hybridized carbons (Fsp3) is 0.364. The molecule has 2 aromatic rings. The molecule has 1 N–H and O–H groups in total. The van der Waals surface area contributed by atoms with Crippen LogP contribution in [0.4, 0.5) is 13.2 Å². The summed E-state index contributed by atoms with van der Waals surface area (Å²) in [5.41, 5.74) is -1.55. The summed E-state index contributed by atoms with van der Waals surface area (Å²) in [5.74, 6) is -0.399. The second-order valence-electron chi connectivity index (χ2n) is 8.04. The van der Waals surface area contributed by atoms with E-state index in [-0.39, 0.29) is 23.4 Å². The number of carbonyl (C=O) groups excluding carboxylic acids is 1. The van der Waals surface area contributed by atoms with Crippen LogP contribution in [-0.2, 0) is 11.0 Å². The Kier molecular flexibility index (Phi) is 5.42. The van der Waals surface area contributed by atoms with E-state index in [0.717, 1.165) is 17.7 Å². The van der Waals surface area contributed by atoms with Gasteiger partial charge in [0, 0.05) is 12.0 Å². The molecule has 3 rings (SSSR count). The van der Waals surface area contributed by atoms with Gasteiger partial charge in [0.2, 0.25) is 0 Å². The first-order valence-electron chi connectivity index (χ1n) is 9.31. The third-order valence-electron chi connectivity index (χ3n) is 5.29. The molecule has 0 aromatic heterocycles. The summed E-state index contributed by atoms with van der Waals surface area (Å²) in [6, 6.07) is 10.8. The second-order valence-corrected chi connectivity index (χ2v) is 8.04. The Bertz CT molecular complexity index is 1010. The first-order valence-corrected chi connectivity index (χ1v) is 9.31. The Morgan fingerprint density at radius 3 is 2.57 bits per heavy atom. The van der Waals surface area contributed by atoms with Crippen molar-refractivity contribution in [2.45, 2.75) is 39.1 Å². The van der Waals surface area contributed by atoms with Crippen molar-refractivity contribution in [3.05, 3.63) is 59.2 Å². The molecule has 1 amide bonds. The summed E-state index contributed by atoms with van der Waals surface area (Å²) in [7, 11) is 0. The van der Waals surface area contributed by atoms with Gasteiger partial charge in [-0.25, -0.2) is 0 Å². The van der Waals surface area contributed by atoms with Crippen molar-refractivity contribution in [3.8, 4) is 17.6 Å². The van der Waals surface area contributed by atoms with Gasteiger partial charge in [0.25, 0.3) is 5.91 Å². The van der Waals surface area contributed by atoms with Gasteiger partial charge in [-0.05, 0) is 42.8 Å². The van der Waals surface area contributed by atoms with E-state index in [1.807, 2.05) is 6.92 Å². The normalized spacial score (nSPS) is 19.4. The largest absolute Gasteiger partial charge is 0.508 e. The highest BCUT2D eigenvalue weighted by atomic mass is 19.4. The molecular weight excluding hydrogens is 397 g/mol. The number of benzene rings is 2. The first-order chi connectivity index (χ1) is 13.9. The van der Waals surface area contributed by atoms with Gasteiger partial charge in [0.1, 0.15) is 11.5 Å². The number of nitrogens with zero attached hydrogens (tertiary/aromatic N) is 2. The highest BCUT2D eigenvalue weighted by molar-refractivity contribution is 5.85. The molecule has 0 aliphatic carbocycles.